The fourth-order valence-corrected chi connectivity index (χ4v) is 2.52. The lowest BCUT2D eigenvalue weighted by Gasteiger charge is -2.11. The summed E-state index contributed by atoms with van der Waals surface area (Å²) in [4.78, 5) is 12.4. The molecule has 0 bridgehead atoms. The van der Waals surface area contributed by atoms with Crippen LogP contribution in [0.15, 0.2) is 29.2 Å². The molecular weight excluding hydrogens is 236 g/mol. The van der Waals surface area contributed by atoms with E-state index in [9.17, 15) is 9.00 Å². The molecule has 1 fully saturated rings. The average molecular weight is 252 g/mol. The highest BCUT2D eigenvalue weighted by atomic mass is 32.2. The molecule has 1 aromatic rings. The van der Waals surface area contributed by atoms with E-state index in [1.807, 2.05) is 0 Å². The molecule has 0 radical (unpaired) electrons. The number of anilines is 1. The van der Waals surface area contributed by atoms with Gasteiger partial charge in [0.1, 0.15) is 5.25 Å². The largest absolute Gasteiger partial charge is 0.399 e. The van der Waals surface area contributed by atoms with E-state index >= 15 is 0 Å². The maximum absolute atomic E-state index is 12.1. The second-order valence-electron chi connectivity index (χ2n) is 4.29. The van der Waals surface area contributed by atoms with Crippen LogP contribution in [0.5, 0.6) is 0 Å². The Balaban J connectivity index is 2.02. The van der Waals surface area contributed by atoms with Gasteiger partial charge in [-0.2, -0.15) is 0 Å². The van der Waals surface area contributed by atoms with Crippen LogP contribution in [0.4, 0.5) is 5.69 Å². The molecule has 3 N–H and O–H groups in total. The molecule has 4 nitrogen and oxygen atoms in total. The number of nitrogen functional groups attached to an aromatic ring is 1. The zero-order valence-corrected chi connectivity index (χ0v) is 10.5. The van der Waals surface area contributed by atoms with Gasteiger partial charge in [0.15, 0.2) is 0 Å². The summed E-state index contributed by atoms with van der Waals surface area (Å²) in [5, 5.41) is 2.33. The second-order valence-corrected chi connectivity index (χ2v) is 6.06. The Morgan fingerprint density at radius 3 is 2.53 bits per heavy atom. The first-order chi connectivity index (χ1) is 8.08. The lowest BCUT2D eigenvalue weighted by atomic mass is 10.3. The lowest BCUT2D eigenvalue weighted by molar-refractivity contribution is -0.120. The summed E-state index contributed by atoms with van der Waals surface area (Å²) in [6.45, 7) is 1.68. The predicted molar refractivity (Wildman–Crippen MR) is 67.9 cm³/mol. The van der Waals surface area contributed by atoms with Crippen LogP contribution in [-0.4, -0.2) is 21.4 Å². The van der Waals surface area contributed by atoms with Crippen molar-refractivity contribution in [1.82, 2.24) is 5.32 Å². The molecule has 1 saturated carbocycles. The van der Waals surface area contributed by atoms with E-state index in [-0.39, 0.29) is 5.91 Å². The van der Waals surface area contributed by atoms with Crippen molar-refractivity contribution < 1.29 is 9.00 Å². The zero-order valence-electron chi connectivity index (χ0n) is 9.68. The number of hydrogen-bond acceptors (Lipinski definition) is 3. The predicted octanol–water partition coefficient (Wildman–Crippen LogP) is 1.04. The standard InChI is InChI=1S/C12H16N2O2S/c1-8(12(15)14-10-4-5-10)17(16)11-6-2-9(13)3-7-11/h2-3,6-8,10H,4-5,13H2,1H3,(H,14,15). The summed E-state index contributed by atoms with van der Waals surface area (Å²) in [6.07, 6.45) is 2.07. The van der Waals surface area contributed by atoms with E-state index in [4.69, 9.17) is 5.73 Å². The highest BCUT2D eigenvalue weighted by Gasteiger charge is 2.28. The molecule has 2 atom stereocenters. The minimum absolute atomic E-state index is 0.136. The Morgan fingerprint density at radius 1 is 1.41 bits per heavy atom. The third-order valence-corrected chi connectivity index (χ3v) is 4.32. The van der Waals surface area contributed by atoms with E-state index in [1.54, 1.807) is 31.2 Å². The molecule has 1 aliphatic rings. The smallest absolute Gasteiger partial charge is 0.236 e. The number of amides is 1. The van der Waals surface area contributed by atoms with E-state index in [2.05, 4.69) is 5.32 Å². The minimum atomic E-state index is -1.32. The molecule has 0 aliphatic heterocycles. The van der Waals surface area contributed by atoms with Gasteiger partial charge in [0.25, 0.3) is 0 Å². The topological polar surface area (TPSA) is 72.2 Å². The first kappa shape index (κ1) is 12.1. The van der Waals surface area contributed by atoms with Gasteiger partial charge in [-0.25, -0.2) is 0 Å². The monoisotopic (exact) mass is 252 g/mol. The van der Waals surface area contributed by atoms with Gasteiger partial charge in [-0.1, -0.05) is 0 Å². The summed E-state index contributed by atoms with van der Waals surface area (Å²) in [7, 11) is -1.32. The SMILES string of the molecule is CC(C(=O)NC1CC1)S(=O)c1ccc(N)cc1. The van der Waals surface area contributed by atoms with Crippen LogP contribution in [0.2, 0.25) is 0 Å². The molecule has 0 heterocycles. The minimum Gasteiger partial charge on any atom is -0.399 e. The quantitative estimate of drug-likeness (QED) is 0.787. The summed E-state index contributed by atoms with van der Waals surface area (Å²) < 4.78 is 12.1. The summed E-state index contributed by atoms with van der Waals surface area (Å²) >= 11 is 0. The molecule has 0 spiro atoms. The fraction of sp³-hybridized carbons (Fsp3) is 0.417. The van der Waals surface area contributed by atoms with Gasteiger partial charge in [-0.05, 0) is 44.0 Å². The summed E-state index contributed by atoms with van der Waals surface area (Å²) in [5.74, 6) is -0.136. The zero-order chi connectivity index (χ0) is 12.4. The maximum Gasteiger partial charge on any atom is 0.236 e. The highest BCUT2D eigenvalue weighted by molar-refractivity contribution is 7.86. The van der Waals surface area contributed by atoms with Gasteiger partial charge in [-0.3, -0.25) is 9.00 Å². The van der Waals surface area contributed by atoms with Crippen molar-refractivity contribution in [3.63, 3.8) is 0 Å². The number of carbonyl (C=O) groups excluding carboxylic acids is 1. The van der Waals surface area contributed by atoms with Crippen molar-refractivity contribution in [2.75, 3.05) is 5.73 Å². The van der Waals surface area contributed by atoms with E-state index in [1.165, 1.54) is 0 Å². The van der Waals surface area contributed by atoms with Crippen LogP contribution in [0.3, 0.4) is 0 Å². The molecule has 92 valence electrons. The molecular formula is C12H16N2O2S. The van der Waals surface area contributed by atoms with Crippen LogP contribution in [0, 0.1) is 0 Å². The molecule has 2 rings (SSSR count). The van der Waals surface area contributed by atoms with Crippen molar-refractivity contribution in [2.45, 2.75) is 36.0 Å². The van der Waals surface area contributed by atoms with Crippen molar-refractivity contribution in [3.8, 4) is 0 Å². The molecule has 1 aliphatic carbocycles. The average Bonchev–Trinajstić information content (AvgIpc) is 3.12. The van der Waals surface area contributed by atoms with Gasteiger partial charge in [0.2, 0.25) is 5.91 Å². The first-order valence-electron chi connectivity index (χ1n) is 5.64. The van der Waals surface area contributed by atoms with Crippen molar-refractivity contribution >= 4 is 22.4 Å². The molecule has 0 aromatic heterocycles. The molecule has 0 saturated heterocycles. The van der Waals surface area contributed by atoms with Crippen LogP contribution >= 0.6 is 0 Å². The van der Waals surface area contributed by atoms with Gasteiger partial charge < -0.3 is 11.1 Å². The van der Waals surface area contributed by atoms with Gasteiger partial charge in [0, 0.05) is 16.6 Å². The van der Waals surface area contributed by atoms with Crippen LogP contribution in [0.25, 0.3) is 0 Å². The Labute approximate surface area is 103 Å². The normalized spacial score (nSPS) is 18.4. The Kier molecular flexibility index (Phi) is 3.47. The number of nitrogens with one attached hydrogen (secondary N) is 1. The fourth-order valence-electron chi connectivity index (χ4n) is 1.45. The molecule has 2 unspecified atom stereocenters. The van der Waals surface area contributed by atoms with Crippen LogP contribution in [-0.2, 0) is 15.6 Å². The van der Waals surface area contributed by atoms with Crippen molar-refractivity contribution in [1.29, 1.82) is 0 Å². The highest BCUT2D eigenvalue weighted by Crippen LogP contribution is 2.20. The van der Waals surface area contributed by atoms with Gasteiger partial charge in [0.05, 0.1) is 10.8 Å². The van der Waals surface area contributed by atoms with E-state index in [0.717, 1.165) is 12.8 Å². The Hall–Kier alpha value is -1.36. The number of nitrogens with two attached hydrogens (primary N) is 1. The summed E-state index contributed by atoms with van der Waals surface area (Å²) in [5.41, 5.74) is 6.18. The van der Waals surface area contributed by atoms with E-state index in [0.29, 0.717) is 16.6 Å². The van der Waals surface area contributed by atoms with Gasteiger partial charge >= 0.3 is 0 Å². The maximum atomic E-state index is 12.1. The number of hydrogen-bond donors (Lipinski definition) is 2. The third-order valence-electron chi connectivity index (χ3n) is 2.73. The molecule has 1 amide bonds. The van der Waals surface area contributed by atoms with Crippen molar-refractivity contribution in [3.05, 3.63) is 24.3 Å². The number of rotatable bonds is 4. The number of carbonyl (C=O) groups is 1. The van der Waals surface area contributed by atoms with Crippen molar-refractivity contribution in [2.24, 2.45) is 0 Å². The van der Waals surface area contributed by atoms with E-state index < -0.39 is 16.0 Å². The molecule has 5 heteroatoms. The Morgan fingerprint density at radius 2 is 2.00 bits per heavy atom. The third kappa shape index (κ3) is 3.06. The first-order valence-corrected chi connectivity index (χ1v) is 6.85. The molecule has 1 aromatic carbocycles. The molecule has 17 heavy (non-hydrogen) atoms. The second kappa shape index (κ2) is 4.87. The number of benzene rings is 1. The van der Waals surface area contributed by atoms with Gasteiger partial charge in [-0.15, -0.1) is 0 Å². The lowest BCUT2D eigenvalue weighted by Crippen LogP contribution is -2.36. The van der Waals surface area contributed by atoms with Crippen LogP contribution in [0.1, 0.15) is 19.8 Å². The summed E-state index contributed by atoms with van der Waals surface area (Å²) in [6, 6.07) is 7.09. The Bertz CT molecular complexity index is 440. The van der Waals surface area contributed by atoms with Crippen LogP contribution < -0.4 is 11.1 Å².